The number of carbonyl (C=O) groups is 10. The molecule has 0 spiro atoms. The summed E-state index contributed by atoms with van der Waals surface area (Å²) in [4.78, 5) is 143. The molecule has 11 rings (SSSR count). The van der Waals surface area contributed by atoms with E-state index in [0.717, 1.165) is 37.8 Å². The van der Waals surface area contributed by atoms with Gasteiger partial charge < -0.3 is 63.3 Å². The predicted octanol–water partition coefficient (Wildman–Crippen LogP) is 7.74. The maximum absolute atomic E-state index is 16.5. The second kappa shape index (κ2) is 26.5. The van der Waals surface area contributed by atoms with E-state index in [0.29, 0.717) is 25.5 Å². The van der Waals surface area contributed by atoms with Crippen LogP contribution >= 0.6 is 0 Å². The van der Waals surface area contributed by atoms with E-state index in [1.54, 1.807) is 78.9 Å². The van der Waals surface area contributed by atoms with E-state index in [2.05, 4.69) is 5.32 Å². The molecule has 504 valence electrons. The quantitative estimate of drug-likeness (QED) is 0.0302. The molecule has 2 bridgehead atoms. The highest BCUT2D eigenvalue weighted by molar-refractivity contribution is 5.97. The van der Waals surface area contributed by atoms with E-state index >= 15 is 9.59 Å². The lowest BCUT2D eigenvalue weighted by atomic mass is 9.44. The zero-order valence-corrected chi connectivity index (χ0v) is 54.2. The van der Waals surface area contributed by atoms with Gasteiger partial charge in [0.15, 0.2) is 17.5 Å². The Morgan fingerprint density at radius 1 is 0.747 bits per heavy atom. The number of hydrogen-bond acceptors (Lipinski definition) is 21. The van der Waals surface area contributed by atoms with E-state index in [9.17, 15) is 53.7 Å². The SMILES string of the molecule is CC(=O)O[C@H]1C(=O)[C@]2(C)[C@@H](OC(=O)CCC=O)C[C@H]3OC[C@@]3(OC(C)=O)[C@H]2[C@H](OC(=O)c2ccccc2)[C@]2(O)C[C@H](OC(=O)[C@H](OC(=O)CCC(=O)O[C@@H]3C[C@]4(C)[C@@H](O)CC[C@H]4[C@@H]4CCc5cc(O)ccc5[C@H]43)[C@@H](NC(=O)c3ccccc3)c3ccccc3)C(C)=C1C2(C)C. The van der Waals surface area contributed by atoms with Gasteiger partial charge in [-0.3, -0.25) is 33.6 Å². The predicted molar refractivity (Wildman–Crippen MR) is 334 cm³/mol. The number of carbonyl (C=O) groups excluding carboxylic acids is 10. The molecule has 4 aromatic carbocycles. The molecule has 95 heavy (non-hydrogen) atoms. The lowest BCUT2D eigenvalue weighted by Gasteiger charge is -2.67. The zero-order chi connectivity index (χ0) is 68.1. The van der Waals surface area contributed by atoms with Gasteiger partial charge in [0.1, 0.15) is 54.2 Å². The van der Waals surface area contributed by atoms with Crippen LogP contribution in [0.3, 0.4) is 0 Å². The fraction of sp³-hybridized carbons (Fsp3) is 0.507. The smallest absolute Gasteiger partial charge is 0.350 e. The second-order valence-corrected chi connectivity index (χ2v) is 27.5. The molecule has 5 fully saturated rings. The first-order valence-electron chi connectivity index (χ1n) is 32.5. The van der Waals surface area contributed by atoms with Gasteiger partial charge in [0, 0.05) is 55.4 Å². The van der Waals surface area contributed by atoms with Crippen LogP contribution in [0.4, 0.5) is 0 Å². The van der Waals surface area contributed by atoms with Crippen LogP contribution in [0.1, 0.15) is 162 Å². The lowest BCUT2D eigenvalue weighted by molar-refractivity contribution is -0.346. The molecule has 0 unspecified atom stereocenters. The van der Waals surface area contributed by atoms with Crippen LogP contribution in [-0.4, -0.2) is 142 Å². The standard InChI is InChI=1S/C73H81NO21/c1-39-50(37-73(87)65(94-67(85)44-22-15-10-16-23-44)63-71(7,64(83)61(89-40(2)76)59(39)69(73,4)5)53(92-55(80)24-17-33-75)35-54-72(63,38-88-54)95-41(3)77)91-68(86)62(60(42-18-11-8-12-19-42)74-66(84)43-20-13-9-14-21-43)93-57(82)32-31-56(81)90-51-36-70(6)49(29-30-52(70)79)48-27-25-45-34-46(78)26-28-47(45)58(48)51/h8-16,18-23,26,28,33-34,48-54,58,60-63,65,78-79,87H,17,24-25,27,29-32,35-38H2,1-7H3,(H,74,84)/t48-,49-,50-,51+,52-,53-,54+,58+,60-,61+,62+,63-,65-,70-,71+,72-,73+/m0/s1. The van der Waals surface area contributed by atoms with Gasteiger partial charge in [-0.05, 0) is 122 Å². The highest BCUT2D eigenvalue weighted by atomic mass is 16.6. The summed E-state index contributed by atoms with van der Waals surface area (Å²) in [5, 5.41) is 39.1. The summed E-state index contributed by atoms with van der Waals surface area (Å²) in [5.41, 5.74) is -7.16. The van der Waals surface area contributed by atoms with Crippen molar-refractivity contribution in [3.63, 3.8) is 0 Å². The van der Waals surface area contributed by atoms with Crippen molar-refractivity contribution in [1.82, 2.24) is 5.32 Å². The number of Topliss-reactive ketones (excluding diaryl/α,β-unsaturated/α-hetero) is 1. The minimum absolute atomic E-state index is 0.0264. The number of aldehydes is 1. The number of rotatable bonds is 19. The first-order valence-corrected chi connectivity index (χ1v) is 32.5. The van der Waals surface area contributed by atoms with Crippen molar-refractivity contribution in [3.05, 3.63) is 148 Å². The normalized spacial score (nSPS) is 32.1. The first-order chi connectivity index (χ1) is 45.2. The fourth-order valence-electron chi connectivity index (χ4n) is 17.2. The van der Waals surface area contributed by atoms with Gasteiger partial charge in [0.05, 0.1) is 48.9 Å². The summed E-state index contributed by atoms with van der Waals surface area (Å²) in [6.07, 6.45) is -11.3. The molecule has 6 aliphatic carbocycles. The molecule has 0 radical (unpaired) electrons. The molecule has 1 heterocycles. The molecule has 1 amide bonds. The number of ether oxygens (including phenoxy) is 8. The zero-order valence-electron chi connectivity index (χ0n) is 54.2. The Kier molecular flexibility index (Phi) is 18.9. The summed E-state index contributed by atoms with van der Waals surface area (Å²) < 4.78 is 50.3. The maximum Gasteiger partial charge on any atom is 0.350 e. The van der Waals surface area contributed by atoms with E-state index in [1.165, 1.54) is 52.0 Å². The number of fused-ring (bicyclic) bond motifs is 10. The van der Waals surface area contributed by atoms with Crippen LogP contribution in [0, 0.1) is 34.0 Å². The van der Waals surface area contributed by atoms with Gasteiger partial charge in [0.2, 0.25) is 6.10 Å². The van der Waals surface area contributed by atoms with Crippen LogP contribution < -0.4 is 5.32 Å². The van der Waals surface area contributed by atoms with Crippen molar-refractivity contribution in [2.75, 3.05) is 6.61 Å². The van der Waals surface area contributed by atoms with Crippen molar-refractivity contribution in [2.45, 2.75) is 191 Å². The third kappa shape index (κ3) is 12.3. The largest absolute Gasteiger partial charge is 0.508 e. The molecule has 22 heteroatoms. The number of nitrogens with one attached hydrogen (secondary N) is 1. The minimum Gasteiger partial charge on any atom is -0.508 e. The number of hydrogen-bond donors (Lipinski definition) is 4. The lowest BCUT2D eigenvalue weighted by Crippen LogP contribution is -2.82. The van der Waals surface area contributed by atoms with Crippen molar-refractivity contribution < 1.29 is 101 Å². The Labute approximate surface area is 549 Å². The Morgan fingerprint density at radius 2 is 1.40 bits per heavy atom. The highest BCUT2D eigenvalue weighted by Crippen LogP contribution is 2.66. The van der Waals surface area contributed by atoms with E-state index in [1.807, 2.05) is 13.0 Å². The number of phenolic OH excluding ortho intramolecular Hbond substituents is 1. The van der Waals surface area contributed by atoms with Crippen molar-refractivity contribution in [2.24, 2.45) is 34.0 Å². The van der Waals surface area contributed by atoms with Crippen LogP contribution in [0.5, 0.6) is 5.75 Å². The monoisotopic (exact) mass is 1310 g/mol. The second-order valence-electron chi connectivity index (χ2n) is 27.5. The summed E-state index contributed by atoms with van der Waals surface area (Å²) in [6, 6.07) is 27.3. The van der Waals surface area contributed by atoms with Crippen molar-refractivity contribution in [3.8, 4) is 5.75 Å². The Hall–Kier alpha value is -8.60. The molecule has 0 aromatic heterocycles. The van der Waals surface area contributed by atoms with Gasteiger partial charge in [-0.25, -0.2) is 9.59 Å². The Morgan fingerprint density at radius 3 is 2.04 bits per heavy atom. The highest BCUT2D eigenvalue weighted by Gasteiger charge is 2.79. The Bertz CT molecular complexity index is 3700. The van der Waals surface area contributed by atoms with E-state index in [4.69, 9.17) is 37.9 Å². The number of phenols is 1. The fourth-order valence-corrected chi connectivity index (χ4v) is 17.2. The third-order valence-corrected chi connectivity index (χ3v) is 21.9. The molecule has 1 saturated heterocycles. The Balaban J connectivity index is 0.988. The number of amides is 1. The number of ketones is 1. The minimum atomic E-state index is -2.63. The van der Waals surface area contributed by atoms with Gasteiger partial charge in [0.25, 0.3) is 5.91 Å². The number of aliphatic hydroxyl groups is 2. The van der Waals surface area contributed by atoms with Gasteiger partial charge in [-0.1, -0.05) is 93.6 Å². The first kappa shape index (κ1) is 67.8. The molecule has 22 nitrogen and oxygen atoms in total. The molecule has 17 atom stereocenters. The molecular formula is C73H81NO21. The molecular weight excluding hydrogens is 1230 g/mol. The molecule has 7 aliphatic rings. The molecule has 4 N–H and O–H groups in total. The molecule has 4 aromatic rings. The topological polar surface area (TPSA) is 317 Å². The average Bonchev–Trinajstić information content (AvgIpc) is 1.01. The summed E-state index contributed by atoms with van der Waals surface area (Å²) in [5.74, 6) is -10.5. The molecule has 4 saturated carbocycles. The van der Waals surface area contributed by atoms with Gasteiger partial charge in [-0.2, -0.15) is 0 Å². The van der Waals surface area contributed by atoms with Gasteiger partial charge >= 0.3 is 41.8 Å². The van der Waals surface area contributed by atoms with Crippen molar-refractivity contribution >= 4 is 59.8 Å². The van der Waals surface area contributed by atoms with Crippen LogP contribution in [0.2, 0.25) is 0 Å². The maximum atomic E-state index is 16.5. The van der Waals surface area contributed by atoms with Crippen LogP contribution in [0.25, 0.3) is 0 Å². The van der Waals surface area contributed by atoms with Crippen molar-refractivity contribution in [1.29, 1.82) is 0 Å². The number of esters is 7. The number of benzene rings is 4. The van der Waals surface area contributed by atoms with Crippen LogP contribution in [0.15, 0.2) is 120 Å². The number of aryl methyl sites for hydroxylation is 1. The summed E-state index contributed by atoms with van der Waals surface area (Å²) >= 11 is 0. The van der Waals surface area contributed by atoms with Crippen LogP contribution in [-0.2, 0) is 82.7 Å². The summed E-state index contributed by atoms with van der Waals surface area (Å²) in [6.45, 7) is 9.58. The average molecular weight is 1310 g/mol. The summed E-state index contributed by atoms with van der Waals surface area (Å²) in [7, 11) is 0. The number of aromatic hydroxyl groups is 1. The van der Waals surface area contributed by atoms with E-state index in [-0.39, 0.29) is 64.2 Å². The van der Waals surface area contributed by atoms with E-state index < -0.39 is 174 Å². The third-order valence-electron chi connectivity index (χ3n) is 21.9. The number of aliphatic hydroxyl groups excluding tert-OH is 1. The van der Waals surface area contributed by atoms with Gasteiger partial charge in [-0.15, -0.1) is 0 Å². The molecule has 1 aliphatic heterocycles.